The zero-order valence-electron chi connectivity index (χ0n) is 13.6. The lowest BCUT2D eigenvalue weighted by atomic mass is 10.1. The average molecular weight is 337 g/mol. The van der Waals surface area contributed by atoms with Crippen molar-refractivity contribution < 1.29 is 18.7 Å². The molecule has 3 aromatic rings. The van der Waals surface area contributed by atoms with Crippen LogP contribution in [0.5, 0.6) is 5.75 Å². The molecule has 5 heteroatoms. The summed E-state index contributed by atoms with van der Waals surface area (Å²) < 4.78 is 18.7. The van der Waals surface area contributed by atoms with Gasteiger partial charge in [0.15, 0.2) is 12.4 Å². The molecule has 3 aromatic carbocycles. The van der Waals surface area contributed by atoms with E-state index in [4.69, 9.17) is 4.74 Å². The van der Waals surface area contributed by atoms with Crippen LogP contribution in [0.2, 0.25) is 0 Å². The summed E-state index contributed by atoms with van der Waals surface area (Å²) in [5.41, 5.74) is 0.788. The number of ketones is 1. The zero-order chi connectivity index (χ0) is 17.8. The highest BCUT2D eigenvalue weighted by molar-refractivity contribution is 6.02. The third-order valence-corrected chi connectivity index (χ3v) is 3.74. The SMILES string of the molecule is CC(=O)c1cc(F)ccc1OCC(=O)Nc1cccc2ccccc12. The van der Waals surface area contributed by atoms with Gasteiger partial charge in [-0.3, -0.25) is 9.59 Å². The molecule has 1 N–H and O–H groups in total. The average Bonchev–Trinajstić information content (AvgIpc) is 2.61. The Morgan fingerprint density at radius 1 is 1.04 bits per heavy atom. The van der Waals surface area contributed by atoms with E-state index < -0.39 is 5.82 Å². The van der Waals surface area contributed by atoms with Gasteiger partial charge in [-0.15, -0.1) is 0 Å². The van der Waals surface area contributed by atoms with Crippen molar-refractivity contribution in [2.24, 2.45) is 0 Å². The van der Waals surface area contributed by atoms with Gasteiger partial charge in [-0.05, 0) is 36.6 Å². The standard InChI is InChI=1S/C20H16FNO3/c1-13(23)17-11-15(21)9-10-19(17)25-12-20(24)22-18-8-4-6-14-5-2-3-7-16(14)18/h2-11H,12H2,1H3,(H,22,24). The van der Waals surface area contributed by atoms with Crippen molar-refractivity contribution >= 4 is 28.2 Å². The molecule has 0 unspecified atom stereocenters. The number of ether oxygens (including phenoxy) is 1. The molecule has 0 fully saturated rings. The van der Waals surface area contributed by atoms with Crippen molar-refractivity contribution in [3.05, 3.63) is 72.0 Å². The monoisotopic (exact) mass is 337 g/mol. The predicted molar refractivity (Wildman–Crippen MR) is 94.5 cm³/mol. The number of fused-ring (bicyclic) bond motifs is 1. The molecular formula is C20H16FNO3. The third kappa shape index (κ3) is 3.83. The highest BCUT2D eigenvalue weighted by atomic mass is 19.1. The number of benzene rings is 3. The first-order chi connectivity index (χ1) is 12.0. The number of anilines is 1. The fraction of sp³-hybridized carbons (Fsp3) is 0.100. The van der Waals surface area contributed by atoms with Gasteiger partial charge in [0.25, 0.3) is 5.91 Å². The lowest BCUT2D eigenvalue weighted by Gasteiger charge is -2.11. The summed E-state index contributed by atoms with van der Waals surface area (Å²) in [6.07, 6.45) is 0. The maximum Gasteiger partial charge on any atom is 0.262 e. The van der Waals surface area contributed by atoms with Gasteiger partial charge < -0.3 is 10.1 Å². The summed E-state index contributed by atoms with van der Waals surface area (Å²) in [5, 5.41) is 4.73. The molecule has 3 rings (SSSR count). The molecular weight excluding hydrogens is 321 g/mol. The van der Waals surface area contributed by atoms with Crippen molar-refractivity contribution in [3.8, 4) is 5.75 Å². The Morgan fingerprint density at radius 3 is 2.60 bits per heavy atom. The number of Topliss-reactive ketones (excluding diaryl/α,β-unsaturated/α-hetero) is 1. The number of amides is 1. The van der Waals surface area contributed by atoms with Crippen LogP contribution in [0.25, 0.3) is 10.8 Å². The summed E-state index contributed by atoms with van der Waals surface area (Å²) in [7, 11) is 0. The first kappa shape index (κ1) is 16.6. The maximum atomic E-state index is 13.3. The molecule has 0 heterocycles. The molecule has 1 amide bonds. The van der Waals surface area contributed by atoms with Crippen LogP contribution in [-0.4, -0.2) is 18.3 Å². The number of hydrogen-bond donors (Lipinski definition) is 1. The quantitative estimate of drug-likeness (QED) is 0.710. The Kier molecular flexibility index (Phi) is 4.75. The first-order valence-corrected chi connectivity index (χ1v) is 7.75. The van der Waals surface area contributed by atoms with Gasteiger partial charge in [-0.2, -0.15) is 0 Å². The molecule has 0 aliphatic rings. The molecule has 25 heavy (non-hydrogen) atoms. The predicted octanol–water partition coefficient (Wildman–Crippen LogP) is 4.20. The van der Waals surface area contributed by atoms with Crippen LogP contribution in [0.3, 0.4) is 0 Å². The molecule has 0 radical (unpaired) electrons. The van der Waals surface area contributed by atoms with Crippen molar-refractivity contribution in [1.29, 1.82) is 0 Å². The van der Waals surface area contributed by atoms with Crippen LogP contribution < -0.4 is 10.1 Å². The summed E-state index contributed by atoms with van der Waals surface area (Å²) in [6.45, 7) is 1.03. The van der Waals surface area contributed by atoms with Gasteiger partial charge in [0.1, 0.15) is 11.6 Å². The fourth-order valence-corrected chi connectivity index (χ4v) is 2.57. The van der Waals surface area contributed by atoms with E-state index >= 15 is 0 Å². The van der Waals surface area contributed by atoms with E-state index in [1.165, 1.54) is 19.1 Å². The summed E-state index contributed by atoms with van der Waals surface area (Å²) in [6, 6.07) is 16.9. The minimum atomic E-state index is -0.530. The second kappa shape index (κ2) is 7.13. The van der Waals surface area contributed by atoms with Gasteiger partial charge in [0.05, 0.1) is 5.56 Å². The van der Waals surface area contributed by atoms with E-state index in [0.29, 0.717) is 5.69 Å². The van der Waals surface area contributed by atoms with Crippen LogP contribution in [0.4, 0.5) is 10.1 Å². The third-order valence-electron chi connectivity index (χ3n) is 3.74. The fourth-order valence-electron chi connectivity index (χ4n) is 2.57. The number of nitrogens with one attached hydrogen (secondary N) is 1. The van der Waals surface area contributed by atoms with Crippen molar-refractivity contribution in [1.82, 2.24) is 0 Å². The van der Waals surface area contributed by atoms with Gasteiger partial charge in [-0.25, -0.2) is 4.39 Å². The number of halogens is 1. The minimum absolute atomic E-state index is 0.109. The van der Waals surface area contributed by atoms with Gasteiger partial charge in [0.2, 0.25) is 0 Å². The number of rotatable bonds is 5. The number of carbonyl (C=O) groups is 2. The molecule has 0 saturated heterocycles. The van der Waals surface area contributed by atoms with Crippen LogP contribution in [-0.2, 0) is 4.79 Å². The molecule has 126 valence electrons. The molecule has 0 bridgehead atoms. The Balaban J connectivity index is 1.72. The topological polar surface area (TPSA) is 55.4 Å². The van der Waals surface area contributed by atoms with E-state index in [1.54, 1.807) is 6.07 Å². The normalized spacial score (nSPS) is 10.5. The molecule has 0 aliphatic heterocycles. The first-order valence-electron chi connectivity index (χ1n) is 7.75. The van der Waals surface area contributed by atoms with E-state index in [-0.39, 0.29) is 29.6 Å². The number of carbonyl (C=O) groups excluding carboxylic acids is 2. The molecule has 4 nitrogen and oxygen atoms in total. The molecule has 0 atom stereocenters. The summed E-state index contributed by atoms with van der Waals surface area (Å²) in [5.74, 6) is -1.04. The van der Waals surface area contributed by atoms with Crippen molar-refractivity contribution in [3.63, 3.8) is 0 Å². The van der Waals surface area contributed by atoms with Gasteiger partial charge in [0, 0.05) is 11.1 Å². The highest BCUT2D eigenvalue weighted by Gasteiger charge is 2.12. The lowest BCUT2D eigenvalue weighted by molar-refractivity contribution is -0.118. The molecule has 0 aromatic heterocycles. The molecule has 0 spiro atoms. The van der Waals surface area contributed by atoms with E-state index in [0.717, 1.165) is 16.8 Å². The van der Waals surface area contributed by atoms with Crippen LogP contribution >= 0.6 is 0 Å². The largest absolute Gasteiger partial charge is 0.483 e. The second-order valence-electron chi connectivity index (χ2n) is 5.56. The Bertz CT molecular complexity index is 947. The Hall–Kier alpha value is -3.21. The summed E-state index contributed by atoms with van der Waals surface area (Å²) >= 11 is 0. The van der Waals surface area contributed by atoms with Crippen LogP contribution in [0.15, 0.2) is 60.7 Å². The lowest BCUT2D eigenvalue weighted by Crippen LogP contribution is -2.21. The van der Waals surface area contributed by atoms with E-state index in [9.17, 15) is 14.0 Å². The zero-order valence-corrected chi connectivity index (χ0v) is 13.6. The highest BCUT2D eigenvalue weighted by Crippen LogP contribution is 2.23. The molecule has 0 saturated carbocycles. The van der Waals surface area contributed by atoms with Crippen molar-refractivity contribution in [2.75, 3.05) is 11.9 Å². The second-order valence-corrected chi connectivity index (χ2v) is 5.56. The van der Waals surface area contributed by atoms with E-state index in [2.05, 4.69) is 5.32 Å². The van der Waals surface area contributed by atoms with Gasteiger partial charge >= 0.3 is 0 Å². The van der Waals surface area contributed by atoms with Crippen LogP contribution in [0.1, 0.15) is 17.3 Å². The minimum Gasteiger partial charge on any atom is -0.483 e. The van der Waals surface area contributed by atoms with Crippen LogP contribution in [0, 0.1) is 5.82 Å². The Labute approximate surface area is 144 Å². The van der Waals surface area contributed by atoms with E-state index in [1.807, 2.05) is 36.4 Å². The number of hydrogen-bond acceptors (Lipinski definition) is 3. The van der Waals surface area contributed by atoms with Gasteiger partial charge in [-0.1, -0.05) is 36.4 Å². The Morgan fingerprint density at radius 2 is 1.80 bits per heavy atom. The maximum absolute atomic E-state index is 13.3. The smallest absolute Gasteiger partial charge is 0.262 e. The molecule has 0 aliphatic carbocycles. The van der Waals surface area contributed by atoms with Crippen molar-refractivity contribution in [2.45, 2.75) is 6.92 Å². The summed E-state index contributed by atoms with van der Waals surface area (Å²) in [4.78, 5) is 23.7.